The molecule has 1 aliphatic rings. The second-order valence-corrected chi connectivity index (χ2v) is 4.85. The molecule has 0 aromatic carbocycles. The lowest BCUT2D eigenvalue weighted by atomic mass is 9.74. The molecule has 15 heavy (non-hydrogen) atoms. The van der Waals surface area contributed by atoms with Crippen LogP contribution in [0.5, 0.6) is 0 Å². The van der Waals surface area contributed by atoms with Gasteiger partial charge in [0.15, 0.2) is 0 Å². The van der Waals surface area contributed by atoms with Crippen molar-refractivity contribution in [1.29, 1.82) is 0 Å². The number of aliphatic hydroxyl groups is 1. The van der Waals surface area contributed by atoms with Gasteiger partial charge in [0.25, 0.3) is 0 Å². The minimum absolute atomic E-state index is 0.291. The van der Waals surface area contributed by atoms with E-state index in [0.29, 0.717) is 5.92 Å². The quantitative estimate of drug-likeness (QED) is 0.710. The van der Waals surface area contributed by atoms with Crippen molar-refractivity contribution < 1.29 is 9.84 Å². The molecular weight excluding hydrogens is 188 g/mol. The first-order valence-corrected chi connectivity index (χ1v) is 5.98. The number of hydrogen-bond acceptors (Lipinski definition) is 2. The zero-order valence-corrected chi connectivity index (χ0v) is 10.0. The third-order valence-electron chi connectivity index (χ3n) is 3.65. The van der Waals surface area contributed by atoms with E-state index in [4.69, 9.17) is 4.74 Å². The van der Waals surface area contributed by atoms with Crippen LogP contribution in [0.1, 0.15) is 45.4 Å². The Hall–Kier alpha value is -0.340. The number of aliphatic hydroxyl groups excluding tert-OH is 1. The number of allylic oxidation sites excluding steroid dienone is 1. The van der Waals surface area contributed by atoms with E-state index < -0.39 is 0 Å². The average molecular weight is 212 g/mol. The molecule has 0 aromatic heterocycles. The highest BCUT2D eigenvalue weighted by molar-refractivity contribution is 4.93. The number of methoxy groups -OCH3 is 1. The summed E-state index contributed by atoms with van der Waals surface area (Å²) in [6, 6.07) is 0. The van der Waals surface area contributed by atoms with Gasteiger partial charge in [-0.25, -0.2) is 0 Å². The fourth-order valence-electron chi connectivity index (χ4n) is 2.71. The van der Waals surface area contributed by atoms with Crippen molar-refractivity contribution in [2.75, 3.05) is 7.11 Å². The number of ether oxygens (including phenoxy) is 1. The van der Waals surface area contributed by atoms with Crippen LogP contribution in [0.25, 0.3) is 0 Å². The smallest absolute Gasteiger partial charge is 0.0939 e. The summed E-state index contributed by atoms with van der Waals surface area (Å²) in [5.74, 6) is 0.664. The van der Waals surface area contributed by atoms with Crippen LogP contribution in [-0.2, 0) is 4.74 Å². The van der Waals surface area contributed by atoms with Crippen molar-refractivity contribution in [3.8, 4) is 0 Å². The number of hydrogen-bond donors (Lipinski definition) is 1. The van der Waals surface area contributed by atoms with Crippen molar-refractivity contribution in [3.05, 3.63) is 12.7 Å². The molecule has 1 fully saturated rings. The average Bonchev–Trinajstić information content (AvgIpc) is 2.25. The Kier molecular flexibility index (Phi) is 4.81. The number of rotatable bonds is 5. The maximum Gasteiger partial charge on any atom is 0.0939 e. The van der Waals surface area contributed by atoms with Crippen LogP contribution in [-0.4, -0.2) is 23.9 Å². The highest BCUT2D eigenvalue weighted by atomic mass is 16.5. The zero-order valence-electron chi connectivity index (χ0n) is 10.0. The Labute approximate surface area is 93.3 Å². The van der Waals surface area contributed by atoms with Crippen LogP contribution in [0.3, 0.4) is 0 Å². The third-order valence-corrected chi connectivity index (χ3v) is 3.65. The van der Waals surface area contributed by atoms with Crippen LogP contribution < -0.4 is 0 Å². The predicted molar refractivity (Wildman–Crippen MR) is 62.8 cm³/mol. The summed E-state index contributed by atoms with van der Waals surface area (Å²) in [4.78, 5) is 0. The SMILES string of the molecule is C=CCCC(O)C1(OC)CCCC(C)C1. The van der Waals surface area contributed by atoms with Gasteiger partial charge >= 0.3 is 0 Å². The highest BCUT2D eigenvalue weighted by Gasteiger charge is 2.40. The van der Waals surface area contributed by atoms with Crippen molar-refractivity contribution in [2.24, 2.45) is 5.92 Å². The molecule has 0 heterocycles. The maximum absolute atomic E-state index is 10.2. The van der Waals surface area contributed by atoms with E-state index in [1.165, 1.54) is 12.8 Å². The zero-order chi connectivity index (χ0) is 11.3. The second-order valence-electron chi connectivity index (χ2n) is 4.85. The normalized spacial score (nSPS) is 33.7. The molecule has 2 heteroatoms. The minimum Gasteiger partial charge on any atom is -0.390 e. The summed E-state index contributed by atoms with van der Waals surface area (Å²) < 4.78 is 5.62. The standard InChI is InChI=1S/C13H24O2/c1-4-5-8-12(14)13(15-3)9-6-7-11(2)10-13/h4,11-12,14H,1,5-10H2,2-3H3. The molecule has 2 nitrogen and oxygen atoms in total. The van der Waals surface area contributed by atoms with Gasteiger partial charge in [-0.1, -0.05) is 25.8 Å². The summed E-state index contributed by atoms with van der Waals surface area (Å²) >= 11 is 0. The fraction of sp³-hybridized carbons (Fsp3) is 0.846. The van der Waals surface area contributed by atoms with Gasteiger partial charge in [0.2, 0.25) is 0 Å². The Balaban J connectivity index is 2.60. The van der Waals surface area contributed by atoms with Crippen molar-refractivity contribution in [3.63, 3.8) is 0 Å². The molecule has 88 valence electrons. The minimum atomic E-state index is -0.344. The van der Waals surface area contributed by atoms with E-state index in [-0.39, 0.29) is 11.7 Å². The second kappa shape index (κ2) is 5.66. The fourth-order valence-corrected chi connectivity index (χ4v) is 2.71. The van der Waals surface area contributed by atoms with Crippen molar-refractivity contribution in [2.45, 2.75) is 57.2 Å². The van der Waals surface area contributed by atoms with E-state index in [1.54, 1.807) is 7.11 Å². The van der Waals surface area contributed by atoms with Crippen LogP contribution in [0.2, 0.25) is 0 Å². The first-order valence-electron chi connectivity index (χ1n) is 5.98. The van der Waals surface area contributed by atoms with E-state index >= 15 is 0 Å². The van der Waals surface area contributed by atoms with E-state index in [0.717, 1.165) is 25.7 Å². The van der Waals surface area contributed by atoms with Crippen LogP contribution >= 0.6 is 0 Å². The van der Waals surface area contributed by atoms with Gasteiger partial charge in [0, 0.05) is 7.11 Å². The van der Waals surface area contributed by atoms with Gasteiger partial charge in [0.1, 0.15) is 0 Å². The largest absolute Gasteiger partial charge is 0.390 e. The molecule has 0 bridgehead atoms. The van der Waals surface area contributed by atoms with Gasteiger partial charge in [-0.05, 0) is 31.6 Å². The van der Waals surface area contributed by atoms with Gasteiger partial charge in [-0.3, -0.25) is 0 Å². The molecule has 3 atom stereocenters. The molecular formula is C13H24O2. The Morgan fingerprint density at radius 3 is 2.93 bits per heavy atom. The molecule has 1 rings (SSSR count). The van der Waals surface area contributed by atoms with Gasteiger partial charge < -0.3 is 9.84 Å². The van der Waals surface area contributed by atoms with Crippen LogP contribution in [0, 0.1) is 5.92 Å². The Bertz CT molecular complexity index is 203. The monoisotopic (exact) mass is 212 g/mol. The Morgan fingerprint density at radius 1 is 1.67 bits per heavy atom. The molecule has 1 N–H and O–H groups in total. The van der Waals surface area contributed by atoms with E-state index in [9.17, 15) is 5.11 Å². The lowest BCUT2D eigenvalue weighted by molar-refractivity contribution is -0.133. The van der Waals surface area contributed by atoms with Crippen LogP contribution in [0.15, 0.2) is 12.7 Å². The Morgan fingerprint density at radius 2 is 2.40 bits per heavy atom. The molecule has 0 spiro atoms. The van der Waals surface area contributed by atoms with Crippen molar-refractivity contribution >= 4 is 0 Å². The van der Waals surface area contributed by atoms with Gasteiger partial charge in [-0.15, -0.1) is 6.58 Å². The summed E-state index contributed by atoms with van der Waals surface area (Å²) in [6.07, 6.45) is 7.56. The summed E-state index contributed by atoms with van der Waals surface area (Å²) in [5, 5.41) is 10.2. The molecule has 3 unspecified atom stereocenters. The molecule has 0 radical (unpaired) electrons. The summed E-state index contributed by atoms with van der Waals surface area (Å²) in [6.45, 7) is 5.93. The lowest BCUT2D eigenvalue weighted by Gasteiger charge is -2.42. The topological polar surface area (TPSA) is 29.5 Å². The molecule has 1 aliphatic carbocycles. The summed E-state index contributed by atoms with van der Waals surface area (Å²) in [5.41, 5.74) is -0.291. The predicted octanol–water partition coefficient (Wildman–Crippen LogP) is 2.91. The highest BCUT2D eigenvalue weighted by Crippen LogP contribution is 2.38. The first kappa shape index (κ1) is 12.7. The molecule has 0 amide bonds. The van der Waals surface area contributed by atoms with Crippen LogP contribution in [0.4, 0.5) is 0 Å². The first-order chi connectivity index (χ1) is 7.14. The summed E-state index contributed by atoms with van der Waals surface area (Å²) in [7, 11) is 1.73. The maximum atomic E-state index is 10.2. The van der Waals surface area contributed by atoms with Gasteiger partial charge in [0.05, 0.1) is 11.7 Å². The van der Waals surface area contributed by atoms with Gasteiger partial charge in [-0.2, -0.15) is 0 Å². The van der Waals surface area contributed by atoms with E-state index in [2.05, 4.69) is 13.5 Å². The van der Waals surface area contributed by atoms with Crippen molar-refractivity contribution in [1.82, 2.24) is 0 Å². The van der Waals surface area contributed by atoms with E-state index in [1.807, 2.05) is 6.08 Å². The lowest BCUT2D eigenvalue weighted by Crippen LogP contribution is -2.47. The molecule has 0 saturated heterocycles. The molecule has 0 aromatic rings. The molecule has 0 aliphatic heterocycles. The molecule has 1 saturated carbocycles. The third kappa shape index (κ3) is 3.05.